The van der Waals surface area contributed by atoms with Crippen LogP contribution in [0.1, 0.15) is 98.5 Å². The van der Waals surface area contributed by atoms with Crippen molar-refractivity contribution in [2.75, 3.05) is 6.16 Å². The molecule has 5 heteroatoms. The molecule has 2 atom stereocenters. The standard InChI is InChI=1S/C26H38P2.C7H4N.C5H10.Fe.Ni/c1-25(2,3)27(26(4,5)6)20-21-14-13-19-24(21)28(22-15-9-7-10-16-22)23-17-11-8-12-18-23;8-6-7-4-2-1-3-5-7;1-2-4-5-3-1;;/h7-12,15-18,21,24H,13-14,19-20H2,1-6H3;2-5H;1-5H2;;/q;-1;;;+3. The summed E-state index contributed by atoms with van der Waals surface area (Å²) >= 11 is 0. The third-order valence-corrected chi connectivity index (χ3v) is 15.3. The molecule has 0 N–H and O–H groups in total. The van der Waals surface area contributed by atoms with Gasteiger partial charge in [-0.05, 0) is 59.4 Å². The van der Waals surface area contributed by atoms with Crippen LogP contribution in [0.4, 0.5) is 0 Å². The Kier molecular flexibility index (Phi) is 18.8. The van der Waals surface area contributed by atoms with Crippen molar-refractivity contribution >= 4 is 26.5 Å². The zero-order chi connectivity index (χ0) is 29.7. The molecule has 0 aromatic heterocycles. The van der Waals surface area contributed by atoms with Crippen LogP contribution in [-0.4, -0.2) is 22.1 Å². The maximum atomic E-state index is 8.27. The first-order valence-corrected chi connectivity index (χ1v) is 18.6. The van der Waals surface area contributed by atoms with Crippen LogP contribution in [-0.2, 0) is 33.6 Å². The van der Waals surface area contributed by atoms with Crippen LogP contribution < -0.4 is 10.6 Å². The number of benzene rings is 3. The fourth-order valence-corrected chi connectivity index (χ4v) is 13.8. The van der Waals surface area contributed by atoms with Crippen LogP contribution >= 0.6 is 15.8 Å². The van der Waals surface area contributed by atoms with Gasteiger partial charge in [-0.1, -0.05) is 154 Å². The third kappa shape index (κ3) is 13.5. The molecule has 5 rings (SSSR count). The van der Waals surface area contributed by atoms with Crippen LogP contribution in [0.2, 0.25) is 0 Å². The molecular weight excluding hydrogens is 647 g/mol. The summed E-state index contributed by atoms with van der Waals surface area (Å²) in [7, 11) is -0.316. The molecule has 2 saturated carbocycles. The Hall–Kier alpha value is -0.977. The van der Waals surface area contributed by atoms with E-state index in [-0.39, 0.29) is 49.4 Å². The van der Waals surface area contributed by atoms with Gasteiger partial charge in [-0.2, -0.15) is 35.6 Å². The minimum Gasteiger partial charge on any atom is -0.195 e. The Balaban J connectivity index is 0.000000507. The van der Waals surface area contributed by atoms with Crippen molar-refractivity contribution in [2.45, 2.75) is 109 Å². The predicted octanol–water partition coefficient (Wildman–Crippen LogP) is 10.7. The smallest absolute Gasteiger partial charge is 0.195 e. The van der Waals surface area contributed by atoms with Gasteiger partial charge >= 0.3 is 16.5 Å². The van der Waals surface area contributed by atoms with Crippen molar-refractivity contribution in [3.63, 3.8) is 0 Å². The average molecular weight is 699 g/mol. The first-order chi connectivity index (χ1) is 19.6. The van der Waals surface area contributed by atoms with E-state index in [0.717, 1.165) is 11.6 Å². The van der Waals surface area contributed by atoms with E-state index in [1.165, 1.54) is 57.5 Å². The molecule has 3 aromatic carbocycles. The zero-order valence-electron chi connectivity index (χ0n) is 27.1. The quantitative estimate of drug-likeness (QED) is 0.148. The molecule has 0 amide bonds. The van der Waals surface area contributed by atoms with Gasteiger partial charge in [-0.3, -0.25) is 0 Å². The maximum Gasteiger partial charge on any atom is 3.00 e. The second-order valence-electron chi connectivity index (χ2n) is 13.4. The van der Waals surface area contributed by atoms with Gasteiger partial charge in [0.05, 0.1) is 6.07 Å². The van der Waals surface area contributed by atoms with E-state index in [9.17, 15) is 0 Å². The van der Waals surface area contributed by atoms with E-state index in [1.54, 1.807) is 34.9 Å². The van der Waals surface area contributed by atoms with Crippen LogP contribution in [0.3, 0.4) is 0 Å². The first kappa shape index (κ1) is 40.0. The molecule has 3 aromatic rings. The molecule has 2 aliphatic carbocycles. The SMILES string of the molecule is C1CCCC1.CC(C)(C)P(CC1CCCC1P(c1ccccc1)c1ccccc1)C(C)(C)C.N#Cc1cc[c-]cc1.[Fe].[Ni+3]. The van der Waals surface area contributed by atoms with Crippen molar-refractivity contribution in [3.8, 4) is 6.07 Å². The van der Waals surface area contributed by atoms with Crippen LogP contribution in [0.5, 0.6) is 0 Å². The summed E-state index contributed by atoms with van der Waals surface area (Å²) in [5.41, 5.74) is 1.51. The van der Waals surface area contributed by atoms with E-state index in [2.05, 4.69) is 108 Å². The summed E-state index contributed by atoms with van der Waals surface area (Å²) in [4.78, 5) is 0. The largest absolute Gasteiger partial charge is 3.00 e. The van der Waals surface area contributed by atoms with E-state index in [1.807, 2.05) is 6.07 Å². The van der Waals surface area contributed by atoms with Crippen LogP contribution in [0, 0.1) is 23.3 Å². The Morgan fingerprint density at radius 2 is 1.14 bits per heavy atom. The van der Waals surface area contributed by atoms with Gasteiger partial charge in [0.25, 0.3) is 0 Å². The first-order valence-electron chi connectivity index (χ1n) is 15.6. The van der Waals surface area contributed by atoms with Gasteiger partial charge in [0, 0.05) is 17.1 Å². The van der Waals surface area contributed by atoms with Gasteiger partial charge in [-0.25, -0.2) is 0 Å². The predicted molar refractivity (Wildman–Crippen MR) is 185 cm³/mol. The molecule has 0 aliphatic heterocycles. The maximum absolute atomic E-state index is 8.27. The van der Waals surface area contributed by atoms with E-state index in [4.69, 9.17) is 5.26 Å². The van der Waals surface area contributed by atoms with Crippen molar-refractivity contribution in [1.82, 2.24) is 0 Å². The van der Waals surface area contributed by atoms with E-state index >= 15 is 0 Å². The fourth-order valence-electron chi connectivity index (χ4n) is 6.41. The summed E-state index contributed by atoms with van der Waals surface area (Å²) in [6.45, 7) is 14.9. The molecule has 2 unspecified atom stereocenters. The second-order valence-corrected chi connectivity index (χ2v) is 19.8. The molecule has 0 heterocycles. The zero-order valence-corrected chi connectivity index (χ0v) is 31.0. The van der Waals surface area contributed by atoms with Gasteiger partial charge in [-0.15, -0.1) is 0 Å². The summed E-state index contributed by atoms with van der Waals surface area (Å²) < 4.78 is 0. The number of hydrogen-bond acceptors (Lipinski definition) is 1. The molecule has 43 heavy (non-hydrogen) atoms. The molecule has 0 saturated heterocycles. The molecular formula is C38H52FeNNiP2+2. The minimum atomic E-state index is -0.283. The number of nitriles is 1. The number of hydrogen-bond donors (Lipinski definition) is 0. The molecule has 1 nitrogen and oxygen atoms in total. The normalized spacial score (nSPS) is 17.8. The van der Waals surface area contributed by atoms with Crippen molar-refractivity contribution < 1.29 is 33.6 Å². The van der Waals surface area contributed by atoms with Gasteiger partial charge in [0.2, 0.25) is 0 Å². The Bertz CT molecular complexity index is 1100. The van der Waals surface area contributed by atoms with E-state index in [0.29, 0.717) is 15.9 Å². The van der Waals surface area contributed by atoms with E-state index < -0.39 is 0 Å². The fraction of sp³-hybridized carbons (Fsp3) is 0.500. The van der Waals surface area contributed by atoms with Gasteiger partial charge < -0.3 is 0 Å². The molecule has 235 valence electrons. The summed E-state index contributed by atoms with van der Waals surface area (Å²) in [6, 6.07) is 34.5. The van der Waals surface area contributed by atoms with Gasteiger partial charge in [0.1, 0.15) is 0 Å². The van der Waals surface area contributed by atoms with Crippen molar-refractivity contribution in [1.29, 1.82) is 5.26 Å². The average Bonchev–Trinajstić information content (AvgIpc) is 3.69. The summed E-state index contributed by atoms with van der Waals surface area (Å²) in [5.74, 6) is 0.871. The Labute approximate surface area is 287 Å². The second kappa shape index (κ2) is 20.2. The topological polar surface area (TPSA) is 23.8 Å². The summed E-state index contributed by atoms with van der Waals surface area (Å²) in [6.07, 6.45) is 13.2. The van der Waals surface area contributed by atoms with Crippen molar-refractivity contribution in [3.05, 3.63) is 96.6 Å². The van der Waals surface area contributed by atoms with Gasteiger partial charge in [0.15, 0.2) is 0 Å². The third-order valence-electron chi connectivity index (χ3n) is 8.15. The Morgan fingerprint density at radius 3 is 1.51 bits per heavy atom. The Morgan fingerprint density at radius 1 is 0.698 bits per heavy atom. The van der Waals surface area contributed by atoms with Crippen molar-refractivity contribution in [2.24, 2.45) is 5.92 Å². The number of rotatable bonds is 5. The minimum absolute atomic E-state index is 0. The monoisotopic (exact) mass is 698 g/mol. The van der Waals surface area contributed by atoms with Crippen LogP contribution in [0.25, 0.3) is 0 Å². The molecule has 0 spiro atoms. The number of nitrogens with zero attached hydrogens (tertiary/aromatic N) is 1. The van der Waals surface area contributed by atoms with Crippen LogP contribution in [0.15, 0.2) is 84.9 Å². The molecule has 0 bridgehead atoms. The molecule has 2 fully saturated rings. The molecule has 1 radical (unpaired) electrons. The molecule has 2 aliphatic rings. The summed E-state index contributed by atoms with van der Waals surface area (Å²) in [5, 5.41) is 12.2.